The minimum atomic E-state index is -0.749. The molecule has 3 rings (SSSR count). The molecule has 0 aliphatic heterocycles. The lowest BCUT2D eigenvalue weighted by atomic mass is 10.1. The number of fused-ring (bicyclic) bond motifs is 1. The van der Waals surface area contributed by atoms with Crippen molar-refractivity contribution in [2.24, 2.45) is 0 Å². The lowest BCUT2D eigenvalue weighted by Crippen LogP contribution is -2.18. The molecular weight excluding hydrogens is 354 g/mol. The van der Waals surface area contributed by atoms with Crippen molar-refractivity contribution in [2.45, 2.75) is 13.3 Å². The number of esters is 1. The molecule has 0 spiro atoms. The molecule has 27 heavy (non-hydrogen) atoms. The van der Waals surface area contributed by atoms with Crippen molar-refractivity contribution in [3.05, 3.63) is 74.6 Å². The Kier molecular flexibility index (Phi) is 5.16. The molecule has 0 aliphatic rings. The Morgan fingerprint density at radius 3 is 2.70 bits per heavy atom. The first kappa shape index (κ1) is 18.1. The normalized spacial score (nSPS) is 10.6. The van der Waals surface area contributed by atoms with Crippen LogP contribution in [0, 0.1) is 10.1 Å². The zero-order valence-electron chi connectivity index (χ0n) is 14.3. The first-order chi connectivity index (χ1) is 13.0. The van der Waals surface area contributed by atoms with Crippen LogP contribution in [0.25, 0.3) is 11.0 Å². The Labute approximate surface area is 153 Å². The summed E-state index contributed by atoms with van der Waals surface area (Å²) in [5, 5.41) is 11.7. The second kappa shape index (κ2) is 7.69. The van der Waals surface area contributed by atoms with Gasteiger partial charge in [0, 0.05) is 23.6 Å². The largest absolute Gasteiger partial charge is 0.475 e. The summed E-state index contributed by atoms with van der Waals surface area (Å²) in [4.78, 5) is 33.9. The van der Waals surface area contributed by atoms with E-state index in [4.69, 9.17) is 13.9 Å². The van der Waals surface area contributed by atoms with Crippen LogP contribution in [0.15, 0.2) is 57.7 Å². The molecule has 8 heteroatoms. The van der Waals surface area contributed by atoms with Gasteiger partial charge >= 0.3 is 17.3 Å². The highest BCUT2D eigenvalue weighted by Crippen LogP contribution is 2.26. The van der Waals surface area contributed by atoms with Gasteiger partial charge in [-0.05, 0) is 30.2 Å². The molecule has 1 heterocycles. The second-order valence-electron chi connectivity index (χ2n) is 5.59. The molecular formula is C19H15NO7. The molecule has 0 radical (unpaired) electrons. The lowest BCUT2D eigenvalue weighted by molar-refractivity contribution is -0.385. The number of hydrogen-bond donors (Lipinski definition) is 0. The molecule has 0 saturated carbocycles. The fourth-order valence-electron chi connectivity index (χ4n) is 2.59. The smallest absolute Gasteiger partial charge is 0.349 e. The van der Waals surface area contributed by atoms with Crippen molar-refractivity contribution in [3.8, 4) is 11.5 Å². The third kappa shape index (κ3) is 4.12. The highest BCUT2D eigenvalue weighted by molar-refractivity contribution is 5.83. The highest BCUT2D eigenvalue weighted by atomic mass is 16.6. The van der Waals surface area contributed by atoms with Gasteiger partial charge < -0.3 is 13.9 Å². The Bertz CT molecular complexity index is 1070. The molecule has 0 saturated heterocycles. The summed E-state index contributed by atoms with van der Waals surface area (Å²) in [6.07, 6.45) is 0.658. The number of ether oxygens (including phenoxy) is 2. The highest BCUT2D eigenvalue weighted by Gasteiger charge is 2.16. The predicted octanol–water partition coefficient (Wildman–Crippen LogP) is 3.25. The summed E-state index contributed by atoms with van der Waals surface area (Å²) in [7, 11) is 0. The Balaban J connectivity index is 1.73. The van der Waals surface area contributed by atoms with Crippen molar-refractivity contribution < 1.29 is 23.6 Å². The summed E-state index contributed by atoms with van der Waals surface area (Å²) in [6, 6.07) is 11.9. The number of carbonyl (C=O) groups excluding carboxylic acids is 1. The van der Waals surface area contributed by atoms with Crippen LogP contribution >= 0.6 is 0 Å². The summed E-state index contributed by atoms with van der Waals surface area (Å²) in [5.41, 5.74) is 0.413. The van der Waals surface area contributed by atoms with Gasteiger partial charge in [-0.1, -0.05) is 19.1 Å². The number of nitro benzene ring substituents is 1. The first-order valence-corrected chi connectivity index (χ1v) is 8.11. The van der Waals surface area contributed by atoms with Gasteiger partial charge in [-0.15, -0.1) is 0 Å². The van der Waals surface area contributed by atoms with Gasteiger partial charge in [0.15, 0.2) is 12.4 Å². The Morgan fingerprint density at radius 1 is 1.19 bits per heavy atom. The zero-order chi connectivity index (χ0) is 19.4. The van der Waals surface area contributed by atoms with Crippen LogP contribution in [-0.2, 0) is 11.2 Å². The molecule has 1 aromatic heterocycles. The SMILES string of the molecule is CCc1cc(=O)oc2cc(OC(=O)COc3ccccc3[N+](=O)[O-])ccc12. The summed E-state index contributed by atoms with van der Waals surface area (Å²) >= 11 is 0. The van der Waals surface area contributed by atoms with Gasteiger partial charge in [0.25, 0.3) is 0 Å². The van der Waals surface area contributed by atoms with Crippen LogP contribution in [0.3, 0.4) is 0 Å². The first-order valence-electron chi connectivity index (χ1n) is 8.11. The second-order valence-corrected chi connectivity index (χ2v) is 5.59. The van der Waals surface area contributed by atoms with Crippen molar-refractivity contribution >= 4 is 22.6 Å². The van der Waals surface area contributed by atoms with E-state index in [-0.39, 0.29) is 17.2 Å². The molecule has 3 aromatic rings. The van der Waals surface area contributed by atoms with Crippen molar-refractivity contribution in [2.75, 3.05) is 6.61 Å². The van der Waals surface area contributed by atoms with E-state index in [1.165, 1.54) is 30.3 Å². The van der Waals surface area contributed by atoms with Gasteiger partial charge in [-0.3, -0.25) is 10.1 Å². The van der Waals surface area contributed by atoms with E-state index in [1.54, 1.807) is 18.2 Å². The minimum Gasteiger partial charge on any atom is -0.475 e. The number of aryl methyl sites for hydroxylation is 1. The minimum absolute atomic E-state index is 0.0310. The van der Waals surface area contributed by atoms with Gasteiger partial charge in [0.1, 0.15) is 11.3 Å². The van der Waals surface area contributed by atoms with E-state index >= 15 is 0 Å². The quantitative estimate of drug-likeness (QED) is 0.216. The maximum absolute atomic E-state index is 12.0. The van der Waals surface area contributed by atoms with Crippen LogP contribution in [0.5, 0.6) is 11.5 Å². The summed E-state index contributed by atoms with van der Waals surface area (Å²) in [6.45, 7) is 1.41. The maximum atomic E-state index is 12.0. The fourth-order valence-corrected chi connectivity index (χ4v) is 2.59. The summed E-state index contributed by atoms with van der Waals surface area (Å²) in [5.74, 6) is -0.604. The monoisotopic (exact) mass is 369 g/mol. The fraction of sp³-hybridized carbons (Fsp3) is 0.158. The molecule has 0 unspecified atom stereocenters. The van der Waals surface area contributed by atoms with Crippen molar-refractivity contribution in [3.63, 3.8) is 0 Å². The molecule has 2 aromatic carbocycles. The number of nitrogens with zero attached hydrogens (tertiary/aromatic N) is 1. The molecule has 0 bridgehead atoms. The van der Waals surface area contributed by atoms with E-state index in [0.29, 0.717) is 12.0 Å². The molecule has 8 nitrogen and oxygen atoms in total. The average molecular weight is 369 g/mol. The zero-order valence-corrected chi connectivity index (χ0v) is 14.3. The van der Waals surface area contributed by atoms with Gasteiger partial charge in [-0.2, -0.15) is 0 Å². The third-order valence-corrected chi connectivity index (χ3v) is 3.82. The standard InChI is InChI=1S/C19H15NO7/c1-2-12-9-18(21)27-17-10-13(7-8-14(12)17)26-19(22)11-25-16-6-4-3-5-15(16)20(23)24/h3-10H,2,11H2,1H3. The maximum Gasteiger partial charge on any atom is 0.349 e. The molecule has 0 amide bonds. The molecule has 0 aliphatic carbocycles. The number of para-hydroxylation sites is 2. The number of rotatable bonds is 6. The van der Waals surface area contributed by atoms with E-state index in [1.807, 2.05) is 6.92 Å². The van der Waals surface area contributed by atoms with Crippen LogP contribution in [0.2, 0.25) is 0 Å². The third-order valence-electron chi connectivity index (χ3n) is 3.82. The van der Waals surface area contributed by atoms with Crippen molar-refractivity contribution in [1.29, 1.82) is 0 Å². The van der Waals surface area contributed by atoms with Crippen LogP contribution in [0.4, 0.5) is 5.69 Å². The molecule has 0 N–H and O–H groups in total. The van der Waals surface area contributed by atoms with Crippen molar-refractivity contribution in [1.82, 2.24) is 0 Å². The van der Waals surface area contributed by atoms with Crippen LogP contribution < -0.4 is 15.1 Å². The average Bonchev–Trinajstić information content (AvgIpc) is 2.65. The molecule has 0 atom stereocenters. The van der Waals surface area contributed by atoms with Gasteiger partial charge in [-0.25, -0.2) is 9.59 Å². The Hall–Kier alpha value is -3.68. The van der Waals surface area contributed by atoms with Crippen LogP contribution in [-0.4, -0.2) is 17.5 Å². The predicted molar refractivity (Wildman–Crippen MR) is 96.1 cm³/mol. The van der Waals surface area contributed by atoms with Crippen LogP contribution in [0.1, 0.15) is 12.5 Å². The van der Waals surface area contributed by atoms with E-state index in [9.17, 15) is 19.7 Å². The topological polar surface area (TPSA) is 109 Å². The van der Waals surface area contributed by atoms with E-state index < -0.39 is 23.1 Å². The number of nitro groups is 1. The van der Waals surface area contributed by atoms with E-state index in [2.05, 4.69) is 0 Å². The molecule has 138 valence electrons. The van der Waals surface area contributed by atoms with E-state index in [0.717, 1.165) is 10.9 Å². The number of carbonyl (C=O) groups is 1. The van der Waals surface area contributed by atoms with Gasteiger partial charge in [0.05, 0.1) is 4.92 Å². The summed E-state index contributed by atoms with van der Waals surface area (Å²) < 4.78 is 15.5. The van der Waals surface area contributed by atoms with Gasteiger partial charge in [0.2, 0.25) is 0 Å². The lowest BCUT2D eigenvalue weighted by Gasteiger charge is -2.08. The molecule has 0 fully saturated rings. The Morgan fingerprint density at radius 2 is 1.96 bits per heavy atom. The number of benzene rings is 2. The number of hydrogen-bond acceptors (Lipinski definition) is 7.